The third-order valence-electron chi connectivity index (χ3n) is 4.43. The molecule has 7 nitrogen and oxygen atoms in total. The van der Waals surface area contributed by atoms with E-state index >= 15 is 0 Å². The highest BCUT2D eigenvalue weighted by Crippen LogP contribution is 2.32. The maximum Gasteiger partial charge on any atom is 0.320 e. The molecular formula is C16H25N5O2. The Morgan fingerprint density at radius 3 is 2.96 bits per heavy atom. The number of carbonyl (C=O) groups is 1. The molecule has 0 bridgehead atoms. The Morgan fingerprint density at radius 1 is 1.52 bits per heavy atom. The van der Waals surface area contributed by atoms with Crippen molar-refractivity contribution in [2.75, 3.05) is 11.9 Å². The fraction of sp³-hybridized carbons (Fsp3) is 0.688. The lowest BCUT2D eigenvalue weighted by Gasteiger charge is -2.35. The standard InChI is InChI=1S/C16H25N5O2/c1-16(23,13-6-3-2-4-7-13)12-18-15(22)19-14-8-11-21(20-14)10-5-9-17/h8,11,13,23H,2-7,10,12H2,1H3,(H2,18,19,20,22). The molecule has 2 rings (SSSR count). The Labute approximate surface area is 136 Å². The highest BCUT2D eigenvalue weighted by Gasteiger charge is 2.33. The molecule has 126 valence electrons. The largest absolute Gasteiger partial charge is 0.388 e. The summed E-state index contributed by atoms with van der Waals surface area (Å²) in [5.74, 6) is 0.666. The van der Waals surface area contributed by atoms with E-state index in [-0.39, 0.29) is 18.5 Å². The zero-order valence-corrected chi connectivity index (χ0v) is 13.6. The number of carbonyl (C=O) groups excluding carboxylic acids is 1. The van der Waals surface area contributed by atoms with Crippen LogP contribution in [0.2, 0.25) is 0 Å². The topological polar surface area (TPSA) is 103 Å². The quantitative estimate of drug-likeness (QED) is 0.748. The molecule has 1 saturated carbocycles. The fourth-order valence-electron chi connectivity index (χ4n) is 3.01. The first-order chi connectivity index (χ1) is 11.0. The molecule has 0 spiro atoms. The Kier molecular flexibility index (Phi) is 5.99. The van der Waals surface area contributed by atoms with Gasteiger partial charge in [0.2, 0.25) is 0 Å². The summed E-state index contributed by atoms with van der Waals surface area (Å²) in [7, 11) is 0. The zero-order chi connectivity index (χ0) is 16.7. The van der Waals surface area contributed by atoms with Gasteiger partial charge in [0.15, 0.2) is 5.82 Å². The van der Waals surface area contributed by atoms with Crippen molar-refractivity contribution in [2.24, 2.45) is 5.92 Å². The van der Waals surface area contributed by atoms with Crippen LogP contribution in [0.1, 0.15) is 45.4 Å². The van der Waals surface area contributed by atoms with Crippen LogP contribution in [-0.2, 0) is 6.54 Å². The van der Waals surface area contributed by atoms with Crippen molar-refractivity contribution in [3.8, 4) is 6.07 Å². The molecule has 1 aromatic heterocycles. The van der Waals surface area contributed by atoms with Crippen LogP contribution in [0.3, 0.4) is 0 Å². The molecule has 0 radical (unpaired) electrons. The Bertz CT molecular complexity index is 555. The Balaban J connectivity index is 1.78. The fourth-order valence-corrected chi connectivity index (χ4v) is 3.01. The minimum absolute atomic E-state index is 0.221. The van der Waals surface area contributed by atoms with Gasteiger partial charge in [0, 0.05) is 18.8 Å². The molecular weight excluding hydrogens is 294 g/mol. The smallest absolute Gasteiger partial charge is 0.320 e. The van der Waals surface area contributed by atoms with Gasteiger partial charge in [-0.3, -0.25) is 10.00 Å². The first-order valence-electron chi connectivity index (χ1n) is 8.19. The lowest BCUT2D eigenvalue weighted by Crippen LogP contribution is -2.47. The van der Waals surface area contributed by atoms with Crippen LogP contribution in [0.25, 0.3) is 0 Å². The van der Waals surface area contributed by atoms with Gasteiger partial charge in [-0.2, -0.15) is 10.4 Å². The van der Waals surface area contributed by atoms with Crippen LogP contribution in [-0.4, -0.2) is 33.1 Å². The lowest BCUT2D eigenvalue weighted by atomic mass is 9.78. The van der Waals surface area contributed by atoms with E-state index in [1.165, 1.54) is 6.42 Å². The summed E-state index contributed by atoms with van der Waals surface area (Å²) in [5, 5.41) is 28.6. The van der Waals surface area contributed by atoms with Crippen LogP contribution in [0.5, 0.6) is 0 Å². The number of amides is 2. The third-order valence-corrected chi connectivity index (χ3v) is 4.43. The summed E-state index contributed by atoms with van der Waals surface area (Å²) >= 11 is 0. The number of urea groups is 1. The average Bonchev–Trinajstić information content (AvgIpc) is 2.99. The van der Waals surface area contributed by atoms with Gasteiger partial charge in [0.25, 0.3) is 0 Å². The molecule has 0 aliphatic heterocycles. The zero-order valence-electron chi connectivity index (χ0n) is 13.6. The molecule has 23 heavy (non-hydrogen) atoms. The van der Waals surface area contributed by atoms with Gasteiger partial charge in [-0.15, -0.1) is 0 Å². The number of hydrogen-bond acceptors (Lipinski definition) is 4. The van der Waals surface area contributed by atoms with Crippen molar-refractivity contribution in [1.82, 2.24) is 15.1 Å². The highest BCUT2D eigenvalue weighted by molar-refractivity contribution is 5.88. The van der Waals surface area contributed by atoms with E-state index in [9.17, 15) is 9.90 Å². The molecule has 1 aromatic rings. The monoisotopic (exact) mass is 319 g/mol. The van der Waals surface area contributed by atoms with Crippen molar-refractivity contribution in [2.45, 2.75) is 57.6 Å². The van der Waals surface area contributed by atoms with E-state index in [1.807, 2.05) is 6.07 Å². The number of anilines is 1. The van der Waals surface area contributed by atoms with Gasteiger partial charge in [-0.1, -0.05) is 19.3 Å². The number of aliphatic hydroxyl groups is 1. The minimum Gasteiger partial charge on any atom is -0.388 e. The van der Waals surface area contributed by atoms with Gasteiger partial charge in [-0.25, -0.2) is 4.79 Å². The number of nitriles is 1. The van der Waals surface area contributed by atoms with E-state index in [4.69, 9.17) is 5.26 Å². The Morgan fingerprint density at radius 2 is 2.26 bits per heavy atom. The molecule has 1 heterocycles. The van der Waals surface area contributed by atoms with E-state index < -0.39 is 5.60 Å². The van der Waals surface area contributed by atoms with Crippen molar-refractivity contribution in [3.05, 3.63) is 12.3 Å². The maximum atomic E-state index is 11.9. The predicted molar refractivity (Wildman–Crippen MR) is 86.7 cm³/mol. The summed E-state index contributed by atoms with van der Waals surface area (Å²) in [6.07, 6.45) is 7.64. The number of rotatable bonds is 6. The molecule has 1 aliphatic carbocycles. The first kappa shape index (κ1) is 17.3. The number of hydrogen-bond donors (Lipinski definition) is 3. The van der Waals surface area contributed by atoms with Crippen LogP contribution in [0.15, 0.2) is 12.3 Å². The SMILES string of the molecule is CC(O)(CNC(=O)Nc1ccn(CCC#N)n1)C1CCCCC1. The van der Waals surface area contributed by atoms with E-state index in [0.717, 1.165) is 25.7 Å². The summed E-state index contributed by atoms with van der Waals surface area (Å²) in [4.78, 5) is 11.9. The first-order valence-corrected chi connectivity index (χ1v) is 8.19. The molecule has 1 unspecified atom stereocenters. The number of nitrogens with one attached hydrogen (secondary N) is 2. The van der Waals surface area contributed by atoms with E-state index in [1.54, 1.807) is 23.9 Å². The number of aromatic nitrogens is 2. The minimum atomic E-state index is -0.885. The molecule has 3 N–H and O–H groups in total. The second kappa shape index (κ2) is 7.97. The molecule has 0 saturated heterocycles. The average molecular weight is 319 g/mol. The van der Waals surface area contributed by atoms with Gasteiger partial charge in [-0.05, 0) is 25.7 Å². The number of nitrogens with zero attached hydrogens (tertiary/aromatic N) is 3. The van der Waals surface area contributed by atoms with Crippen LogP contribution < -0.4 is 10.6 Å². The van der Waals surface area contributed by atoms with Crippen LogP contribution in [0, 0.1) is 17.2 Å². The van der Waals surface area contributed by atoms with E-state index in [2.05, 4.69) is 15.7 Å². The highest BCUT2D eigenvalue weighted by atomic mass is 16.3. The predicted octanol–water partition coefficient (Wildman–Crippen LogP) is 2.25. The summed E-state index contributed by atoms with van der Waals surface area (Å²) < 4.78 is 1.61. The van der Waals surface area contributed by atoms with E-state index in [0.29, 0.717) is 18.8 Å². The molecule has 7 heteroatoms. The third kappa shape index (κ3) is 5.25. The second-order valence-corrected chi connectivity index (χ2v) is 6.37. The van der Waals surface area contributed by atoms with Gasteiger partial charge < -0.3 is 10.4 Å². The maximum absolute atomic E-state index is 11.9. The van der Waals surface area contributed by atoms with Gasteiger partial charge >= 0.3 is 6.03 Å². The summed E-state index contributed by atoms with van der Waals surface area (Å²) in [5.41, 5.74) is -0.885. The Hall–Kier alpha value is -2.07. The van der Waals surface area contributed by atoms with Crippen molar-refractivity contribution in [1.29, 1.82) is 5.26 Å². The summed E-state index contributed by atoms with van der Waals surface area (Å²) in [6, 6.07) is 3.34. The molecule has 1 aliphatic rings. The second-order valence-electron chi connectivity index (χ2n) is 6.37. The molecule has 0 aromatic carbocycles. The van der Waals surface area contributed by atoms with Crippen LogP contribution >= 0.6 is 0 Å². The summed E-state index contributed by atoms with van der Waals surface area (Å²) in [6.45, 7) is 2.51. The molecule has 2 amide bonds. The van der Waals surface area contributed by atoms with Crippen LogP contribution in [0.4, 0.5) is 10.6 Å². The lowest BCUT2D eigenvalue weighted by molar-refractivity contribution is -0.0127. The van der Waals surface area contributed by atoms with Crippen molar-refractivity contribution in [3.63, 3.8) is 0 Å². The van der Waals surface area contributed by atoms with Crippen molar-refractivity contribution >= 4 is 11.8 Å². The molecule has 1 fully saturated rings. The van der Waals surface area contributed by atoms with Crippen molar-refractivity contribution < 1.29 is 9.90 Å². The molecule has 1 atom stereocenters. The van der Waals surface area contributed by atoms with Gasteiger partial charge in [0.1, 0.15) is 0 Å². The van der Waals surface area contributed by atoms with Gasteiger partial charge in [0.05, 0.1) is 24.6 Å². The number of aryl methyl sites for hydroxylation is 1. The normalized spacial score (nSPS) is 18.0.